The van der Waals surface area contributed by atoms with Crippen LogP contribution in [0.2, 0.25) is 0 Å². The molecule has 3 nitrogen and oxygen atoms in total. The summed E-state index contributed by atoms with van der Waals surface area (Å²) in [7, 11) is 0. The van der Waals surface area contributed by atoms with Crippen molar-refractivity contribution in [3.05, 3.63) is 58.1 Å². The number of halogens is 2. The summed E-state index contributed by atoms with van der Waals surface area (Å²) in [6, 6.07) is 7.31. The summed E-state index contributed by atoms with van der Waals surface area (Å²) in [4.78, 5) is 16.7. The molecule has 0 aliphatic rings. The topological polar surface area (TPSA) is 42.0 Å². The van der Waals surface area contributed by atoms with E-state index in [0.717, 1.165) is 27.4 Å². The minimum Gasteiger partial charge on any atom is -0.322 e. The van der Waals surface area contributed by atoms with Crippen LogP contribution in [0.4, 0.5) is 14.5 Å². The van der Waals surface area contributed by atoms with Crippen LogP contribution in [0.3, 0.4) is 0 Å². The number of amides is 1. The highest BCUT2D eigenvalue weighted by Crippen LogP contribution is 2.25. The van der Waals surface area contributed by atoms with Gasteiger partial charge in [-0.3, -0.25) is 4.79 Å². The molecule has 0 unspecified atom stereocenters. The van der Waals surface area contributed by atoms with Crippen LogP contribution >= 0.6 is 11.3 Å². The highest BCUT2D eigenvalue weighted by molar-refractivity contribution is 7.18. The molecular formula is C21H18F2N2OS. The van der Waals surface area contributed by atoms with E-state index in [1.165, 1.54) is 11.3 Å². The number of nitrogens with zero attached hydrogens (tertiary/aromatic N) is 1. The minimum absolute atomic E-state index is 0.191. The molecule has 0 saturated heterocycles. The lowest BCUT2D eigenvalue weighted by atomic mass is 9.97. The number of fused-ring (bicyclic) bond motifs is 1. The van der Waals surface area contributed by atoms with Gasteiger partial charge in [-0.1, -0.05) is 11.8 Å². The van der Waals surface area contributed by atoms with Crippen molar-refractivity contribution in [1.82, 2.24) is 4.98 Å². The molecule has 2 aromatic carbocycles. The molecule has 1 heterocycles. The van der Waals surface area contributed by atoms with E-state index in [4.69, 9.17) is 0 Å². The Morgan fingerprint density at radius 2 is 1.81 bits per heavy atom. The predicted molar refractivity (Wildman–Crippen MR) is 105 cm³/mol. The average molecular weight is 384 g/mol. The molecule has 138 valence electrons. The number of hydrogen-bond acceptors (Lipinski definition) is 3. The molecule has 1 aromatic heterocycles. The number of aromatic nitrogens is 1. The number of carbonyl (C=O) groups is 1. The smallest absolute Gasteiger partial charge is 0.261 e. The number of rotatable bonds is 2. The standard InChI is InChI=1S/C21H18F2N2OS/c1-12-24-17-11-14(5-6-18(17)27-12)25-20(26)19-15(22)9-13(10-16(19)23)7-8-21(2,3)4/h5-6,9-11H,1-4H3,(H,25,26). The summed E-state index contributed by atoms with van der Waals surface area (Å²) in [6.45, 7) is 7.58. The van der Waals surface area contributed by atoms with Crippen molar-refractivity contribution in [2.24, 2.45) is 5.41 Å². The van der Waals surface area contributed by atoms with Gasteiger partial charge in [-0.05, 0) is 58.0 Å². The molecule has 0 atom stereocenters. The molecule has 0 aliphatic heterocycles. The van der Waals surface area contributed by atoms with E-state index in [1.807, 2.05) is 33.8 Å². The molecule has 27 heavy (non-hydrogen) atoms. The molecule has 1 N–H and O–H groups in total. The Kier molecular flexibility index (Phi) is 4.99. The third kappa shape index (κ3) is 4.50. The monoisotopic (exact) mass is 384 g/mol. The van der Waals surface area contributed by atoms with Crippen LogP contribution in [0.25, 0.3) is 10.2 Å². The van der Waals surface area contributed by atoms with Crippen LogP contribution in [-0.2, 0) is 0 Å². The van der Waals surface area contributed by atoms with Gasteiger partial charge in [0.2, 0.25) is 0 Å². The maximum Gasteiger partial charge on any atom is 0.261 e. The summed E-state index contributed by atoms with van der Waals surface area (Å²) in [6.07, 6.45) is 0. The Hall–Kier alpha value is -2.78. The number of nitrogens with one attached hydrogen (secondary N) is 1. The maximum absolute atomic E-state index is 14.4. The first-order valence-electron chi connectivity index (χ1n) is 8.33. The van der Waals surface area contributed by atoms with E-state index in [0.29, 0.717) is 5.69 Å². The molecule has 1 amide bonds. The van der Waals surface area contributed by atoms with Gasteiger partial charge in [0.05, 0.1) is 15.2 Å². The van der Waals surface area contributed by atoms with Crippen molar-refractivity contribution in [3.8, 4) is 11.8 Å². The van der Waals surface area contributed by atoms with Crippen LogP contribution in [0.5, 0.6) is 0 Å². The molecule has 6 heteroatoms. The SMILES string of the molecule is Cc1nc2cc(NC(=O)c3c(F)cc(C#CC(C)(C)C)cc3F)ccc2s1. The zero-order valence-electron chi connectivity index (χ0n) is 15.4. The zero-order chi connectivity index (χ0) is 19.8. The third-order valence-corrected chi connectivity index (χ3v) is 4.56. The molecular weight excluding hydrogens is 366 g/mol. The fraction of sp³-hybridized carbons (Fsp3) is 0.238. The van der Waals surface area contributed by atoms with Crippen LogP contribution in [0.15, 0.2) is 30.3 Å². The Morgan fingerprint density at radius 3 is 2.44 bits per heavy atom. The number of aryl methyl sites for hydroxylation is 1. The normalized spacial score (nSPS) is 11.2. The molecule has 0 spiro atoms. The molecule has 0 saturated carbocycles. The van der Waals surface area contributed by atoms with Gasteiger partial charge in [0, 0.05) is 16.7 Å². The lowest BCUT2D eigenvalue weighted by Gasteiger charge is -2.09. The Bertz CT molecular complexity index is 1080. The maximum atomic E-state index is 14.4. The third-order valence-electron chi connectivity index (χ3n) is 3.60. The van der Waals surface area contributed by atoms with Gasteiger partial charge in [0.25, 0.3) is 5.91 Å². The summed E-state index contributed by atoms with van der Waals surface area (Å²) in [5.74, 6) is 2.90. The van der Waals surface area contributed by atoms with Gasteiger partial charge < -0.3 is 5.32 Å². The average Bonchev–Trinajstić information content (AvgIpc) is 2.91. The van der Waals surface area contributed by atoms with E-state index in [-0.39, 0.29) is 11.0 Å². The van der Waals surface area contributed by atoms with Gasteiger partial charge in [0.15, 0.2) is 0 Å². The van der Waals surface area contributed by atoms with Gasteiger partial charge in [0.1, 0.15) is 17.2 Å². The zero-order valence-corrected chi connectivity index (χ0v) is 16.2. The quantitative estimate of drug-likeness (QED) is 0.590. The van der Waals surface area contributed by atoms with E-state index in [1.54, 1.807) is 12.1 Å². The summed E-state index contributed by atoms with van der Waals surface area (Å²) in [5.41, 5.74) is 0.411. The van der Waals surface area contributed by atoms with E-state index in [2.05, 4.69) is 22.1 Å². The molecule has 3 rings (SSSR count). The molecule has 0 radical (unpaired) electrons. The number of anilines is 1. The minimum atomic E-state index is -0.948. The summed E-state index contributed by atoms with van der Waals surface area (Å²) < 4.78 is 29.7. The van der Waals surface area contributed by atoms with Crippen molar-refractivity contribution >= 4 is 33.1 Å². The fourth-order valence-corrected chi connectivity index (χ4v) is 3.24. The van der Waals surface area contributed by atoms with Crippen molar-refractivity contribution in [2.45, 2.75) is 27.7 Å². The van der Waals surface area contributed by atoms with Crippen molar-refractivity contribution in [3.63, 3.8) is 0 Å². The molecule has 0 bridgehead atoms. The van der Waals surface area contributed by atoms with Gasteiger partial charge >= 0.3 is 0 Å². The van der Waals surface area contributed by atoms with Crippen LogP contribution in [0, 0.1) is 35.8 Å². The van der Waals surface area contributed by atoms with Crippen LogP contribution in [-0.4, -0.2) is 10.9 Å². The lowest BCUT2D eigenvalue weighted by molar-refractivity contribution is 0.101. The largest absolute Gasteiger partial charge is 0.322 e. The summed E-state index contributed by atoms with van der Waals surface area (Å²) >= 11 is 1.53. The first-order chi connectivity index (χ1) is 12.6. The second kappa shape index (κ2) is 7.09. The number of thiazole rings is 1. The Morgan fingerprint density at radius 1 is 1.15 bits per heavy atom. The van der Waals surface area contributed by atoms with Crippen LogP contribution < -0.4 is 5.32 Å². The van der Waals surface area contributed by atoms with Crippen molar-refractivity contribution in [2.75, 3.05) is 5.32 Å². The summed E-state index contributed by atoms with van der Waals surface area (Å²) in [5, 5.41) is 3.43. The second-order valence-corrected chi connectivity index (χ2v) is 8.42. The number of benzene rings is 2. The first kappa shape index (κ1) is 19.0. The highest BCUT2D eigenvalue weighted by Gasteiger charge is 2.19. The van der Waals surface area contributed by atoms with Gasteiger partial charge in [-0.2, -0.15) is 0 Å². The van der Waals surface area contributed by atoms with E-state index >= 15 is 0 Å². The Balaban J connectivity index is 1.88. The lowest BCUT2D eigenvalue weighted by Crippen LogP contribution is -2.16. The van der Waals surface area contributed by atoms with Gasteiger partial charge in [-0.25, -0.2) is 13.8 Å². The highest BCUT2D eigenvalue weighted by atomic mass is 32.1. The molecule has 3 aromatic rings. The predicted octanol–water partition coefficient (Wildman–Crippen LogP) is 5.53. The second-order valence-electron chi connectivity index (χ2n) is 7.18. The fourth-order valence-electron chi connectivity index (χ4n) is 2.44. The van der Waals surface area contributed by atoms with Gasteiger partial charge in [-0.15, -0.1) is 11.3 Å². The molecule has 0 aliphatic carbocycles. The van der Waals surface area contributed by atoms with Crippen LogP contribution in [0.1, 0.15) is 41.7 Å². The number of hydrogen-bond donors (Lipinski definition) is 1. The number of carbonyl (C=O) groups excluding carboxylic acids is 1. The van der Waals surface area contributed by atoms with Crippen molar-refractivity contribution < 1.29 is 13.6 Å². The van der Waals surface area contributed by atoms with Crippen molar-refractivity contribution in [1.29, 1.82) is 0 Å². The molecule has 0 fully saturated rings. The van der Waals surface area contributed by atoms with E-state index < -0.39 is 23.1 Å². The Labute approximate surface area is 160 Å². The van der Waals surface area contributed by atoms with E-state index in [9.17, 15) is 13.6 Å². The first-order valence-corrected chi connectivity index (χ1v) is 9.15.